The molecule has 1 rings (SSSR count). The smallest absolute Gasteiger partial charge is 0.418 e. The Hall–Kier alpha value is -2.12. The standard InChI is InChI=1S/C15H21NO6/c1-11(10-13(17)18)16(12-8-6-5-7-9-12)14(19)22-15(2,20-3)21-4/h5-9,11H,10H2,1-4H3,(H,17,18). The summed E-state index contributed by atoms with van der Waals surface area (Å²) in [5.41, 5.74) is 0.524. The maximum Gasteiger partial charge on any atom is 0.418 e. The molecule has 122 valence electrons. The first kappa shape index (κ1) is 17.9. The lowest BCUT2D eigenvalue weighted by molar-refractivity contribution is -0.322. The molecule has 0 aromatic heterocycles. The van der Waals surface area contributed by atoms with Gasteiger partial charge in [-0.05, 0) is 19.1 Å². The van der Waals surface area contributed by atoms with Gasteiger partial charge in [-0.25, -0.2) is 4.79 Å². The van der Waals surface area contributed by atoms with Gasteiger partial charge in [0.1, 0.15) is 0 Å². The average Bonchev–Trinajstić information content (AvgIpc) is 2.47. The zero-order valence-corrected chi connectivity index (χ0v) is 13.1. The number of aliphatic carboxylic acids is 1. The second-order valence-electron chi connectivity index (χ2n) is 4.79. The molecule has 0 radical (unpaired) electrons. The molecule has 1 aromatic carbocycles. The summed E-state index contributed by atoms with van der Waals surface area (Å²) < 4.78 is 15.2. The van der Waals surface area contributed by atoms with E-state index in [9.17, 15) is 9.59 Å². The van der Waals surface area contributed by atoms with Crippen molar-refractivity contribution in [3.05, 3.63) is 30.3 Å². The molecule has 0 heterocycles. The number of ether oxygens (including phenoxy) is 3. The lowest BCUT2D eigenvalue weighted by Gasteiger charge is -2.32. The van der Waals surface area contributed by atoms with Crippen molar-refractivity contribution in [1.29, 1.82) is 0 Å². The number of carbonyl (C=O) groups excluding carboxylic acids is 1. The number of nitrogens with zero attached hydrogens (tertiary/aromatic N) is 1. The molecule has 1 aromatic rings. The molecule has 0 bridgehead atoms. The number of amides is 1. The third-order valence-corrected chi connectivity index (χ3v) is 3.16. The van der Waals surface area contributed by atoms with Crippen LogP contribution in [0.15, 0.2) is 30.3 Å². The van der Waals surface area contributed by atoms with Crippen LogP contribution >= 0.6 is 0 Å². The number of hydrogen-bond acceptors (Lipinski definition) is 5. The number of anilines is 1. The molecule has 1 unspecified atom stereocenters. The number of hydrogen-bond donors (Lipinski definition) is 1. The molecule has 0 aliphatic rings. The van der Waals surface area contributed by atoms with Gasteiger partial charge in [-0.15, -0.1) is 0 Å². The van der Waals surface area contributed by atoms with Crippen LogP contribution in [0.4, 0.5) is 10.5 Å². The Morgan fingerprint density at radius 1 is 1.23 bits per heavy atom. The zero-order chi connectivity index (χ0) is 16.8. The molecule has 22 heavy (non-hydrogen) atoms. The van der Waals surface area contributed by atoms with E-state index in [0.29, 0.717) is 5.69 Å². The largest absolute Gasteiger partial charge is 0.481 e. The van der Waals surface area contributed by atoms with Crippen molar-refractivity contribution in [2.75, 3.05) is 19.1 Å². The number of para-hydroxylation sites is 1. The van der Waals surface area contributed by atoms with Crippen LogP contribution in [0, 0.1) is 0 Å². The molecular weight excluding hydrogens is 290 g/mol. The van der Waals surface area contributed by atoms with E-state index in [0.717, 1.165) is 0 Å². The first-order valence-corrected chi connectivity index (χ1v) is 6.72. The zero-order valence-electron chi connectivity index (χ0n) is 13.1. The second-order valence-corrected chi connectivity index (χ2v) is 4.79. The number of carboxylic acids is 1. The van der Waals surface area contributed by atoms with Gasteiger partial charge < -0.3 is 19.3 Å². The number of carboxylic acid groups (broad SMARTS) is 1. The number of carbonyl (C=O) groups is 2. The fourth-order valence-corrected chi connectivity index (χ4v) is 1.85. The molecule has 0 aliphatic carbocycles. The quantitative estimate of drug-likeness (QED) is 0.779. The minimum atomic E-state index is -1.55. The lowest BCUT2D eigenvalue weighted by atomic mass is 10.2. The van der Waals surface area contributed by atoms with Crippen LogP contribution in [-0.2, 0) is 19.0 Å². The van der Waals surface area contributed by atoms with Gasteiger partial charge in [0.05, 0.1) is 6.42 Å². The fourth-order valence-electron chi connectivity index (χ4n) is 1.85. The van der Waals surface area contributed by atoms with E-state index >= 15 is 0 Å². The molecule has 7 heteroatoms. The van der Waals surface area contributed by atoms with E-state index in [1.807, 2.05) is 0 Å². The van der Waals surface area contributed by atoms with Crippen LogP contribution in [0.2, 0.25) is 0 Å². The Bertz CT molecular complexity index is 500. The Morgan fingerprint density at radius 3 is 2.23 bits per heavy atom. The van der Waals surface area contributed by atoms with Crippen molar-refractivity contribution in [3.8, 4) is 0 Å². The van der Waals surface area contributed by atoms with Gasteiger partial charge in [0.2, 0.25) is 0 Å². The molecule has 0 fully saturated rings. The van der Waals surface area contributed by atoms with Crippen LogP contribution in [0.25, 0.3) is 0 Å². The highest BCUT2D eigenvalue weighted by molar-refractivity contribution is 5.89. The van der Waals surface area contributed by atoms with Gasteiger partial charge in [-0.1, -0.05) is 18.2 Å². The SMILES string of the molecule is COC(C)(OC)OC(=O)N(c1ccccc1)C(C)CC(=O)O. The number of rotatable bonds is 7. The van der Waals surface area contributed by atoms with Gasteiger partial charge in [0.25, 0.3) is 0 Å². The molecule has 0 aliphatic heterocycles. The topological polar surface area (TPSA) is 85.3 Å². The summed E-state index contributed by atoms with van der Waals surface area (Å²) in [6, 6.07) is 8.06. The molecule has 1 atom stereocenters. The molecule has 0 saturated carbocycles. The fraction of sp³-hybridized carbons (Fsp3) is 0.467. The van der Waals surface area contributed by atoms with E-state index in [1.165, 1.54) is 26.0 Å². The predicted octanol–water partition coefficient (Wildman–Crippen LogP) is 2.46. The highest BCUT2D eigenvalue weighted by Crippen LogP contribution is 2.22. The van der Waals surface area contributed by atoms with Gasteiger partial charge in [-0.3, -0.25) is 9.69 Å². The Balaban J connectivity index is 3.05. The van der Waals surface area contributed by atoms with Crippen LogP contribution in [-0.4, -0.2) is 43.4 Å². The van der Waals surface area contributed by atoms with Gasteiger partial charge in [-0.2, -0.15) is 0 Å². The molecule has 7 nitrogen and oxygen atoms in total. The summed E-state index contributed by atoms with van der Waals surface area (Å²) in [4.78, 5) is 24.6. The third-order valence-electron chi connectivity index (χ3n) is 3.16. The Kier molecular flexibility index (Phi) is 6.33. The highest BCUT2D eigenvalue weighted by atomic mass is 16.9. The monoisotopic (exact) mass is 311 g/mol. The number of benzene rings is 1. The van der Waals surface area contributed by atoms with E-state index < -0.39 is 24.1 Å². The summed E-state index contributed by atoms with van der Waals surface area (Å²) in [6.45, 7) is 3.06. The van der Waals surface area contributed by atoms with Crippen molar-refractivity contribution >= 4 is 17.7 Å². The van der Waals surface area contributed by atoms with Crippen LogP contribution in [0.3, 0.4) is 0 Å². The second kappa shape index (κ2) is 7.77. The van der Waals surface area contributed by atoms with Crippen LogP contribution in [0.1, 0.15) is 20.3 Å². The summed E-state index contributed by atoms with van der Waals surface area (Å²) in [5.74, 6) is -2.56. The summed E-state index contributed by atoms with van der Waals surface area (Å²) in [5, 5.41) is 8.96. The van der Waals surface area contributed by atoms with E-state index in [2.05, 4.69) is 0 Å². The maximum absolute atomic E-state index is 12.5. The lowest BCUT2D eigenvalue weighted by Crippen LogP contribution is -2.46. The average molecular weight is 311 g/mol. The van der Waals surface area contributed by atoms with E-state index in [-0.39, 0.29) is 6.42 Å². The molecule has 0 spiro atoms. The highest BCUT2D eigenvalue weighted by Gasteiger charge is 2.33. The first-order valence-electron chi connectivity index (χ1n) is 6.72. The van der Waals surface area contributed by atoms with Crippen LogP contribution < -0.4 is 4.90 Å². The molecule has 1 N–H and O–H groups in total. The van der Waals surface area contributed by atoms with Crippen molar-refractivity contribution in [2.24, 2.45) is 0 Å². The summed E-state index contributed by atoms with van der Waals surface area (Å²) in [6.07, 6.45) is -0.980. The van der Waals surface area contributed by atoms with Gasteiger partial charge >= 0.3 is 18.0 Å². The summed E-state index contributed by atoms with van der Waals surface area (Å²) in [7, 11) is 2.68. The van der Waals surface area contributed by atoms with Crippen molar-refractivity contribution in [3.63, 3.8) is 0 Å². The van der Waals surface area contributed by atoms with Crippen molar-refractivity contribution < 1.29 is 28.9 Å². The Labute approximate surface area is 129 Å². The normalized spacial score (nSPS) is 12.5. The predicted molar refractivity (Wildman–Crippen MR) is 79.5 cm³/mol. The van der Waals surface area contributed by atoms with Gasteiger partial charge in [0, 0.05) is 32.9 Å². The van der Waals surface area contributed by atoms with Crippen molar-refractivity contribution in [2.45, 2.75) is 32.3 Å². The van der Waals surface area contributed by atoms with Gasteiger partial charge in [0.15, 0.2) is 0 Å². The van der Waals surface area contributed by atoms with E-state index in [1.54, 1.807) is 37.3 Å². The minimum absolute atomic E-state index is 0.222. The first-order chi connectivity index (χ1) is 10.3. The molecular formula is C15H21NO6. The molecule has 1 amide bonds. The summed E-state index contributed by atoms with van der Waals surface area (Å²) >= 11 is 0. The van der Waals surface area contributed by atoms with Crippen LogP contribution in [0.5, 0.6) is 0 Å². The van der Waals surface area contributed by atoms with E-state index in [4.69, 9.17) is 19.3 Å². The van der Waals surface area contributed by atoms with Crippen molar-refractivity contribution in [1.82, 2.24) is 0 Å². The third kappa shape index (κ3) is 4.71. The maximum atomic E-state index is 12.5. The Morgan fingerprint density at radius 2 is 1.77 bits per heavy atom. The molecule has 0 saturated heterocycles. The minimum Gasteiger partial charge on any atom is -0.481 e. The number of methoxy groups -OCH3 is 2.